The predicted octanol–water partition coefficient (Wildman–Crippen LogP) is 3.01. The largest absolute Gasteiger partial charge is 0.466 e. The van der Waals surface area contributed by atoms with Gasteiger partial charge in [-0.25, -0.2) is 0 Å². The molecule has 0 aliphatic rings. The van der Waals surface area contributed by atoms with Crippen molar-refractivity contribution in [1.29, 1.82) is 0 Å². The highest BCUT2D eigenvalue weighted by Crippen LogP contribution is 2.19. The van der Waals surface area contributed by atoms with Crippen molar-refractivity contribution in [1.82, 2.24) is 5.32 Å². The molecule has 5 heteroatoms. The number of benzene rings is 1. The van der Waals surface area contributed by atoms with Crippen LogP contribution in [0.3, 0.4) is 0 Å². The number of carbonyl (C=O) groups is 2. The lowest BCUT2D eigenvalue weighted by atomic mass is 10.0. The third kappa shape index (κ3) is 4.22. The fourth-order valence-corrected chi connectivity index (χ4v) is 2.07. The standard InChI is InChI=1S/C17H19NO4/c1-3-21-16(19)11-14(13-8-6-12(2)7-9-13)18-17(20)15-5-4-10-22-15/h4-10,14H,3,11H2,1-2H3,(H,18,20)/t14-/m0/s1. The molecule has 1 amide bonds. The molecule has 1 atom stereocenters. The summed E-state index contributed by atoms with van der Waals surface area (Å²) in [6.07, 6.45) is 1.50. The zero-order chi connectivity index (χ0) is 15.9. The van der Waals surface area contributed by atoms with Gasteiger partial charge in [-0.3, -0.25) is 9.59 Å². The summed E-state index contributed by atoms with van der Waals surface area (Å²) in [5.74, 6) is -0.506. The van der Waals surface area contributed by atoms with Crippen LogP contribution in [-0.2, 0) is 9.53 Å². The molecule has 0 spiro atoms. The summed E-state index contributed by atoms with van der Waals surface area (Å²) < 4.78 is 10.1. The van der Waals surface area contributed by atoms with Gasteiger partial charge in [-0.05, 0) is 31.5 Å². The van der Waals surface area contributed by atoms with Crippen LogP contribution in [0, 0.1) is 6.92 Å². The molecule has 0 saturated carbocycles. The predicted molar refractivity (Wildman–Crippen MR) is 81.3 cm³/mol. The first-order chi connectivity index (χ1) is 10.6. The molecule has 1 N–H and O–H groups in total. The number of nitrogens with one attached hydrogen (secondary N) is 1. The molecule has 0 unspecified atom stereocenters. The summed E-state index contributed by atoms with van der Waals surface area (Å²) in [5, 5.41) is 2.81. The van der Waals surface area contributed by atoms with Crippen molar-refractivity contribution < 1.29 is 18.7 Å². The number of furan rings is 1. The van der Waals surface area contributed by atoms with Gasteiger partial charge < -0.3 is 14.5 Å². The molecule has 0 saturated heterocycles. The zero-order valence-corrected chi connectivity index (χ0v) is 12.7. The maximum atomic E-state index is 12.1. The third-order valence-electron chi connectivity index (χ3n) is 3.21. The van der Waals surface area contributed by atoms with Crippen LogP contribution in [0.2, 0.25) is 0 Å². The summed E-state index contributed by atoms with van der Waals surface area (Å²) in [5.41, 5.74) is 1.95. The molecule has 0 fully saturated rings. The van der Waals surface area contributed by atoms with Crippen LogP contribution in [0.1, 0.15) is 41.1 Å². The SMILES string of the molecule is CCOC(=O)C[C@H](NC(=O)c1ccco1)c1ccc(C)cc1. The molecule has 1 aromatic carbocycles. The summed E-state index contributed by atoms with van der Waals surface area (Å²) in [7, 11) is 0. The van der Waals surface area contributed by atoms with Gasteiger partial charge in [-0.1, -0.05) is 29.8 Å². The smallest absolute Gasteiger partial charge is 0.308 e. The highest BCUT2D eigenvalue weighted by atomic mass is 16.5. The molecule has 0 radical (unpaired) electrons. The van der Waals surface area contributed by atoms with E-state index in [4.69, 9.17) is 9.15 Å². The summed E-state index contributed by atoms with van der Waals surface area (Å²) in [4.78, 5) is 23.9. The van der Waals surface area contributed by atoms with E-state index < -0.39 is 6.04 Å². The van der Waals surface area contributed by atoms with Crippen molar-refractivity contribution in [2.45, 2.75) is 26.3 Å². The van der Waals surface area contributed by atoms with E-state index in [0.717, 1.165) is 11.1 Å². The lowest BCUT2D eigenvalue weighted by Crippen LogP contribution is -2.30. The van der Waals surface area contributed by atoms with Crippen LogP contribution in [0.5, 0.6) is 0 Å². The minimum absolute atomic E-state index is 0.0728. The Hall–Kier alpha value is -2.56. The zero-order valence-electron chi connectivity index (χ0n) is 12.7. The maximum Gasteiger partial charge on any atom is 0.308 e. The number of carbonyl (C=O) groups excluding carboxylic acids is 2. The Kier molecular flexibility index (Phi) is 5.36. The molecule has 2 aromatic rings. The maximum absolute atomic E-state index is 12.1. The summed E-state index contributed by atoms with van der Waals surface area (Å²) in [6, 6.07) is 10.4. The average molecular weight is 301 g/mol. The second kappa shape index (κ2) is 7.45. The fourth-order valence-electron chi connectivity index (χ4n) is 2.07. The van der Waals surface area contributed by atoms with Gasteiger partial charge in [0.2, 0.25) is 0 Å². The van der Waals surface area contributed by atoms with Gasteiger partial charge in [-0.2, -0.15) is 0 Å². The van der Waals surface area contributed by atoms with Gasteiger partial charge in [0.15, 0.2) is 5.76 Å². The first-order valence-electron chi connectivity index (χ1n) is 7.16. The number of esters is 1. The highest BCUT2D eigenvalue weighted by Gasteiger charge is 2.21. The normalized spacial score (nSPS) is 11.7. The molecule has 0 aliphatic carbocycles. The van der Waals surface area contributed by atoms with E-state index >= 15 is 0 Å². The van der Waals surface area contributed by atoms with Gasteiger partial charge in [0, 0.05) is 0 Å². The molecular formula is C17H19NO4. The Morgan fingerprint density at radius 3 is 2.55 bits per heavy atom. The lowest BCUT2D eigenvalue weighted by molar-refractivity contribution is -0.143. The topological polar surface area (TPSA) is 68.5 Å². The molecule has 2 rings (SSSR count). The van der Waals surface area contributed by atoms with Crippen molar-refractivity contribution in [3.63, 3.8) is 0 Å². The lowest BCUT2D eigenvalue weighted by Gasteiger charge is -2.18. The Morgan fingerprint density at radius 2 is 1.95 bits per heavy atom. The Labute approximate surface area is 129 Å². The number of amides is 1. The minimum atomic E-state index is -0.461. The van der Waals surface area contributed by atoms with Crippen LogP contribution in [0.4, 0.5) is 0 Å². The first-order valence-corrected chi connectivity index (χ1v) is 7.16. The van der Waals surface area contributed by atoms with E-state index in [1.54, 1.807) is 19.1 Å². The monoisotopic (exact) mass is 301 g/mol. The van der Waals surface area contributed by atoms with E-state index in [1.807, 2.05) is 31.2 Å². The van der Waals surface area contributed by atoms with Gasteiger partial charge >= 0.3 is 5.97 Å². The van der Waals surface area contributed by atoms with Crippen molar-refractivity contribution in [3.8, 4) is 0 Å². The number of hydrogen-bond acceptors (Lipinski definition) is 4. The van der Waals surface area contributed by atoms with Crippen LogP contribution in [0.15, 0.2) is 47.1 Å². The van der Waals surface area contributed by atoms with Gasteiger partial charge in [0.1, 0.15) is 0 Å². The quantitative estimate of drug-likeness (QED) is 0.833. The van der Waals surface area contributed by atoms with Gasteiger partial charge in [0.25, 0.3) is 5.91 Å². The van der Waals surface area contributed by atoms with Crippen LogP contribution in [0.25, 0.3) is 0 Å². The molecule has 0 aliphatic heterocycles. The second-order valence-electron chi connectivity index (χ2n) is 4.92. The second-order valence-corrected chi connectivity index (χ2v) is 4.92. The number of rotatable bonds is 6. The molecule has 5 nitrogen and oxygen atoms in total. The fraction of sp³-hybridized carbons (Fsp3) is 0.294. The van der Waals surface area contributed by atoms with Gasteiger partial charge in [0.05, 0.1) is 25.3 Å². The summed E-state index contributed by atoms with van der Waals surface area (Å²) >= 11 is 0. The number of aryl methyl sites for hydroxylation is 1. The first kappa shape index (κ1) is 15.8. The van der Waals surface area contributed by atoms with E-state index in [1.165, 1.54) is 6.26 Å². The highest BCUT2D eigenvalue weighted by molar-refractivity contribution is 5.92. The Morgan fingerprint density at radius 1 is 1.23 bits per heavy atom. The molecule has 0 bridgehead atoms. The molecule has 116 valence electrons. The molecular weight excluding hydrogens is 282 g/mol. The molecule has 1 heterocycles. The van der Waals surface area contributed by atoms with Crippen LogP contribution < -0.4 is 5.32 Å². The van der Waals surface area contributed by atoms with E-state index in [0.29, 0.717) is 6.61 Å². The number of ether oxygens (including phenoxy) is 1. The number of hydrogen-bond donors (Lipinski definition) is 1. The van der Waals surface area contributed by atoms with Crippen molar-refractivity contribution in [2.24, 2.45) is 0 Å². The molecule has 22 heavy (non-hydrogen) atoms. The minimum Gasteiger partial charge on any atom is -0.466 e. The van der Waals surface area contributed by atoms with E-state index in [-0.39, 0.29) is 24.1 Å². The van der Waals surface area contributed by atoms with Gasteiger partial charge in [-0.15, -0.1) is 0 Å². The van der Waals surface area contributed by atoms with E-state index in [9.17, 15) is 9.59 Å². The van der Waals surface area contributed by atoms with Crippen LogP contribution >= 0.6 is 0 Å². The van der Waals surface area contributed by atoms with E-state index in [2.05, 4.69) is 5.32 Å². The third-order valence-corrected chi connectivity index (χ3v) is 3.21. The Bertz CT molecular complexity index is 617. The average Bonchev–Trinajstić information content (AvgIpc) is 3.02. The van der Waals surface area contributed by atoms with Crippen molar-refractivity contribution in [3.05, 3.63) is 59.5 Å². The Balaban J connectivity index is 2.15. The van der Waals surface area contributed by atoms with Crippen molar-refractivity contribution >= 4 is 11.9 Å². The molecule has 1 aromatic heterocycles. The van der Waals surface area contributed by atoms with Crippen LogP contribution in [-0.4, -0.2) is 18.5 Å². The van der Waals surface area contributed by atoms with Crippen molar-refractivity contribution in [2.75, 3.05) is 6.61 Å². The summed E-state index contributed by atoms with van der Waals surface area (Å²) in [6.45, 7) is 4.04.